The minimum Gasteiger partial charge on any atom is -0.376 e. The van der Waals surface area contributed by atoms with E-state index < -0.39 is 23.4 Å². The first-order valence-corrected chi connectivity index (χ1v) is 8.83. The number of carbonyl (C=O) groups is 1. The molecule has 0 aromatic carbocycles. The second-order valence-electron chi connectivity index (χ2n) is 7.22. The van der Waals surface area contributed by atoms with Gasteiger partial charge in [-0.25, -0.2) is 0 Å². The predicted molar refractivity (Wildman–Crippen MR) is 96.4 cm³/mol. The molecule has 1 unspecified atom stereocenters. The van der Waals surface area contributed by atoms with E-state index in [4.69, 9.17) is 5.73 Å². The Bertz CT molecular complexity index is 789. The van der Waals surface area contributed by atoms with Crippen molar-refractivity contribution in [2.75, 3.05) is 19.0 Å². The molecule has 1 atom stereocenters. The maximum Gasteiger partial charge on any atom is 0.471 e. The maximum atomic E-state index is 12.5. The molecule has 0 spiro atoms. The second kappa shape index (κ2) is 8.57. The van der Waals surface area contributed by atoms with E-state index in [9.17, 15) is 18.0 Å². The van der Waals surface area contributed by atoms with E-state index in [1.807, 2.05) is 31.1 Å². The Balaban J connectivity index is 1.91. The molecule has 0 saturated heterocycles. The fourth-order valence-corrected chi connectivity index (χ4v) is 2.75. The van der Waals surface area contributed by atoms with Crippen molar-refractivity contribution in [3.8, 4) is 0 Å². The van der Waals surface area contributed by atoms with Crippen molar-refractivity contribution in [1.82, 2.24) is 15.1 Å². The van der Waals surface area contributed by atoms with Crippen molar-refractivity contribution >= 4 is 11.6 Å². The van der Waals surface area contributed by atoms with Gasteiger partial charge in [-0.2, -0.15) is 18.2 Å². The number of hydrogen-bond acceptors (Lipinski definition) is 6. The molecular formula is C18H24F3N5O2. The van der Waals surface area contributed by atoms with Gasteiger partial charge in [0.15, 0.2) is 5.82 Å². The summed E-state index contributed by atoms with van der Waals surface area (Å²) in [5.74, 6) is -1.80. The molecule has 0 aliphatic heterocycles. The van der Waals surface area contributed by atoms with E-state index in [2.05, 4.69) is 19.6 Å². The van der Waals surface area contributed by atoms with Crippen LogP contribution in [-0.2, 0) is 23.8 Å². The molecule has 1 amide bonds. The van der Waals surface area contributed by atoms with E-state index in [1.165, 1.54) is 0 Å². The summed E-state index contributed by atoms with van der Waals surface area (Å²) in [5, 5.41) is 3.33. The number of nitrogens with zero attached hydrogens (tertiary/aromatic N) is 4. The molecule has 0 saturated carbocycles. The van der Waals surface area contributed by atoms with Crippen LogP contribution in [0.25, 0.3) is 0 Å². The topological polar surface area (TPSA) is 98.1 Å². The first-order valence-electron chi connectivity index (χ1n) is 8.83. The molecule has 2 N–H and O–H groups in total. The van der Waals surface area contributed by atoms with Crippen LogP contribution >= 0.6 is 0 Å². The third-order valence-corrected chi connectivity index (χ3v) is 4.58. The number of aromatic nitrogens is 3. The summed E-state index contributed by atoms with van der Waals surface area (Å²) in [4.78, 5) is 21.6. The zero-order valence-corrected chi connectivity index (χ0v) is 16.1. The lowest BCUT2D eigenvalue weighted by molar-refractivity contribution is -0.159. The Morgan fingerprint density at radius 1 is 1.25 bits per heavy atom. The number of amides is 1. The molecule has 0 radical (unpaired) electrons. The maximum absolute atomic E-state index is 12.5. The molecule has 0 aliphatic carbocycles. The molecule has 0 aliphatic rings. The van der Waals surface area contributed by atoms with Crippen LogP contribution in [-0.4, -0.2) is 35.1 Å². The van der Waals surface area contributed by atoms with Crippen LogP contribution in [0.15, 0.2) is 22.9 Å². The Labute approximate surface area is 161 Å². The van der Waals surface area contributed by atoms with Crippen LogP contribution in [0.1, 0.15) is 43.6 Å². The molecule has 2 heterocycles. The molecule has 154 valence electrons. The number of unbranched alkanes of at least 4 members (excludes halogenated alkanes) is 1. The van der Waals surface area contributed by atoms with Gasteiger partial charge in [-0.05, 0) is 25.0 Å². The van der Waals surface area contributed by atoms with Gasteiger partial charge in [-0.15, -0.1) is 0 Å². The van der Waals surface area contributed by atoms with Crippen molar-refractivity contribution in [2.24, 2.45) is 11.1 Å². The molecule has 2 aromatic heterocycles. The minimum absolute atomic E-state index is 0.00551. The predicted octanol–water partition coefficient (Wildman–Crippen LogP) is 3.00. The molecule has 0 fully saturated rings. The third kappa shape index (κ3) is 5.67. The molecule has 0 bridgehead atoms. The highest BCUT2D eigenvalue weighted by Gasteiger charge is 2.38. The van der Waals surface area contributed by atoms with Crippen LogP contribution in [0.2, 0.25) is 0 Å². The van der Waals surface area contributed by atoms with Crippen LogP contribution in [0.4, 0.5) is 18.9 Å². The summed E-state index contributed by atoms with van der Waals surface area (Å²) in [6, 6.07) is 3.77. The lowest BCUT2D eigenvalue weighted by Crippen LogP contribution is -2.36. The number of pyridine rings is 1. The van der Waals surface area contributed by atoms with E-state index in [0.717, 1.165) is 11.4 Å². The van der Waals surface area contributed by atoms with E-state index in [0.29, 0.717) is 25.7 Å². The van der Waals surface area contributed by atoms with Crippen molar-refractivity contribution in [2.45, 2.75) is 45.2 Å². The highest BCUT2D eigenvalue weighted by atomic mass is 19.4. The fourth-order valence-electron chi connectivity index (χ4n) is 2.75. The monoisotopic (exact) mass is 399 g/mol. The quantitative estimate of drug-likeness (QED) is 0.651. The summed E-state index contributed by atoms with van der Waals surface area (Å²) < 4.78 is 41.6. The Morgan fingerprint density at radius 2 is 1.96 bits per heavy atom. The van der Waals surface area contributed by atoms with Gasteiger partial charge in [0.2, 0.25) is 5.91 Å². The standard InChI is InChI=1S/C18H24F3N5O2/c1-17(15(22)27,10-12-7-8-13(11-23-12)26(2)3)9-5-4-6-14-24-16(28-25-14)18(19,20)21/h7-8,11H,4-6,9-10H2,1-3H3,(H2,22,27). The van der Waals surface area contributed by atoms with Gasteiger partial charge < -0.3 is 15.2 Å². The van der Waals surface area contributed by atoms with E-state index in [-0.39, 0.29) is 12.2 Å². The Kier molecular flexibility index (Phi) is 6.63. The lowest BCUT2D eigenvalue weighted by Gasteiger charge is -2.26. The number of anilines is 1. The van der Waals surface area contributed by atoms with Crippen LogP contribution in [0.3, 0.4) is 0 Å². The second-order valence-corrected chi connectivity index (χ2v) is 7.22. The van der Waals surface area contributed by atoms with Gasteiger partial charge in [0.05, 0.1) is 17.3 Å². The number of halogens is 3. The largest absolute Gasteiger partial charge is 0.471 e. The summed E-state index contributed by atoms with van der Waals surface area (Å²) in [6.07, 6.45) is -0.752. The summed E-state index contributed by atoms with van der Waals surface area (Å²) in [7, 11) is 3.82. The van der Waals surface area contributed by atoms with Crippen molar-refractivity contribution in [1.29, 1.82) is 0 Å². The zero-order chi connectivity index (χ0) is 20.9. The average molecular weight is 399 g/mol. The number of primary amides is 1. The summed E-state index contributed by atoms with van der Waals surface area (Å²) in [6.45, 7) is 1.77. The Hall–Kier alpha value is -2.65. The number of carbonyl (C=O) groups excluding carboxylic acids is 1. The smallest absolute Gasteiger partial charge is 0.376 e. The summed E-state index contributed by atoms with van der Waals surface area (Å²) >= 11 is 0. The molecule has 7 nitrogen and oxygen atoms in total. The van der Waals surface area contributed by atoms with Gasteiger partial charge in [0, 0.05) is 32.6 Å². The van der Waals surface area contributed by atoms with Gasteiger partial charge >= 0.3 is 12.1 Å². The van der Waals surface area contributed by atoms with Crippen LogP contribution < -0.4 is 10.6 Å². The number of rotatable bonds is 9. The molecule has 2 rings (SSSR count). The van der Waals surface area contributed by atoms with Gasteiger partial charge in [0.1, 0.15) is 0 Å². The third-order valence-electron chi connectivity index (χ3n) is 4.58. The average Bonchev–Trinajstić information content (AvgIpc) is 3.08. The lowest BCUT2D eigenvalue weighted by atomic mass is 9.79. The van der Waals surface area contributed by atoms with Crippen molar-refractivity contribution < 1.29 is 22.5 Å². The fraction of sp³-hybridized carbons (Fsp3) is 0.556. The van der Waals surface area contributed by atoms with E-state index >= 15 is 0 Å². The van der Waals surface area contributed by atoms with Crippen molar-refractivity contribution in [3.05, 3.63) is 35.7 Å². The van der Waals surface area contributed by atoms with Gasteiger partial charge in [-0.3, -0.25) is 9.78 Å². The summed E-state index contributed by atoms with van der Waals surface area (Å²) in [5.41, 5.74) is 6.49. The molecular weight excluding hydrogens is 375 g/mol. The number of aryl methyl sites for hydroxylation is 1. The van der Waals surface area contributed by atoms with Crippen molar-refractivity contribution in [3.63, 3.8) is 0 Å². The highest BCUT2D eigenvalue weighted by molar-refractivity contribution is 5.80. The minimum atomic E-state index is -4.65. The first kappa shape index (κ1) is 21.6. The molecule has 28 heavy (non-hydrogen) atoms. The number of nitrogens with two attached hydrogens (primary N) is 1. The molecule has 10 heteroatoms. The van der Waals surface area contributed by atoms with Gasteiger partial charge in [-0.1, -0.05) is 18.5 Å². The highest BCUT2D eigenvalue weighted by Crippen LogP contribution is 2.30. The first-order chi connectivity index (χ1) is 13.0. The Morgan fingerprint density at radius 3 is 2.46 bits per heavy atom. The van der Waals surface area contributed by atoms with Gasteiger partial charge in [0.25, 0.3) is 0 Å². The number of hydrogen-bond donors (Lipinski definition) is 1. The SMILES string of the molecule is CN(C)c1ccc(CC(C)(CCCCc2noc(C(F)(F)F)n2)C(N)=O)nc1. The van der Waals surface area contributed by atoms with Crippen LogP contribution in [0.5, 0.6) is 0 Å². The molecule has 2 aromatic rings. The van der Waals surface area contributed by atoms with E-state index in [1.54, 1.807) is 13.1 Å². The zero-order valence-electron chi connectivity index (χ0n) is 16.1. The normalized spacial score (nSPS) is 13.9. The number of alkyl halides is 3. The van der Waals surface area contributed by atoms with Crippen LogP contribution in [0, 0.1) is 5.41 Å².